The molecule has 1 atom stereocenters. The summed E-state index contributed by atoms with van der Waals surface area (Å²) in [6.45, 7) is 0.319. The molecule has 0 spiro atoms. The molecule has 0 radical (unpaired) electrons. The molecular formula is C12H12ClFN2O4. The lowest BCUT2D eigenvalue weighted by Crippen LogP contribution is -2.53. The van der Waals surface area contributed by atoms with Gasteiger partial charge < -0.3 is 20.1 Å². The SMILES string of the molecule is O=C(O)C1COCCN1C(=O)Nc1cc(F)cc(Cl)c1. The van der Waals surface area contributed by atoms with E-state index in [0.29, 0.717) is 0 Å². The highest BCUT2D eigenvalue weighted by molar-refractivity contribution is 6.30. The third-order valence-corrected chi connectivity index (χ3v) is 3.01. The summed E-state index contributed by atoms with van der Waals surface area (Å²) in [5, 5.41) is 11.6. The molecule has 1 aliphatic heterocycles. The van der Waals surface area contributed by atoms with Crippen molar-refractivity contribution in [3.05, 3.63) is 29.0 Å². The number of urea groups is 1. The van der Waals surface area contributed by atoms with Crippen molar-refractivity contribution in [1.29, 1.82) is 0 Å². The molecule has 0 aliphatic carbocycles. The summed E-state index contributed by atoms with van der Waals surface area (Å²) in [4.78, 5) is 24.2. The molecule has 1 aliphatic rings. The molecule has 2 N–H and O–H groups in total. The van der Waals surface area contributed by atoms with E-state index < -0.39 is 23.9 Å². The highest BCUT2D eigenvalue weighted by Gasteiger charge is 2.32. The van der Waals surface area contributed by atoms with Crippen LogP contribution >= 0.6 is 11.6 Å². The summed E-state index contributed by atoms with van der Waals surface area (Å²) < 4.78 is 18.2. The summed E-state index contributed by atoms with van der Waals surface area (Å²) in [6.07, 6.45) is 0. The van der Waals surface area contributed by atoms with Crippen LogP contribution < -0.4 is 5.32 Å². The average molecular weight is 303 g/mol. The largest absolute Gasteiger partial charge is 0.480 e. The number of aliphatic carboxylic acids is 1. The molecule has 1 heterocycles. The maximum absolute atomic E-state index is 13.2. The minimum atomic E-state index is -1.16. The van der Waals surface area contributed by atoms with Crippen molar-refractivity contribution in [2.75, 3.05) is 25.1 Å². The zero-order valence-corrected chi connectivity index (χ0v) is 11.1. The number of ether oxygens (including phenoxy) is 1. The Morgan fingerprint density at radius 2 is 2.20 bits per heavy atom. The van der Waals surface area contributed by atoms with Crippen molar-refractivity contribution < 1.29 is 23.8 Å². The van der Waals surface area contributed by atoms with Crippen molar-refractivity contribution in [1.82, 2.24) is 4.90 Å². The van der Waals surface area contributed by atoms with Gasteiger partial charge in [0.15, 0.2) is 6.04 Å². The fraction of sp³-hybridized carbons (Fsp3) is 0.333. The van der Waals surface area contributed by atoms with Gasteiger partial charge in [0.2, 0.25) is 0 Å². The molecule has 2 rings (SSSR count). The summed E-state index contributed by atoms with van der Waals surface area (Å²) in [7, 11) is 0. The van der Waals surface area contributed by atoms with E-state index >= 15 is 0 Å². The number of amides is 2. The summed E-state index contributed by atoms with van der Waals surface area (Å²) in [5.74, 6) is -1.75. The molecule has 1 unspecified atom stereocenters. The highest BCUT2D eigenvalue weighted by atomic mass is 35.5. The number of benzene rings is 1. The van der Waals surface area contributed by atoms with Crippen LogP contribution in [-0.2, 0) is 9.53 Å². The molecule has 0 bridgehead atoms. The quantitative estimate of drug-likeness (QED) is 0.873. The Morgan fingerprint density at radius 3 is 2.85 bits per heavy atom. The molecule has 1 fully saturated rings. The predicted molar refractivity (Wildman–Crippen MR) is 69.4 cm³/mol. The number of nitrogens with one attached hydrogen (secondary N) is 1. The summed E-state index contributed by atoms with van der Waals surface area (Å²) >= 11 is 5.68. The van der Waals surface area contributed by atoms with Crippen molar-refractivity contribution in [2.45, 2.75) is 6.04 Å². The van der Waals surface area contributed by atoms with Crippen LogP contribution in [0.2, 0.25) is 5.02 Å². The van der Waals surface area contributed by atoms with E-state index in [9.17, 15) is 14.0 Å². The number of morpholine rings is 1. The third kappa shape index (κ3) is 3.37. The minimum absolute atomic E-state index is 0.0767. The lowest BCUT2D eigenvalue weighted by atomic mass is 10.2. The van der Waals surface area contributed by atoms with Crippen LogP contribution in [-0.4, -0.2) is 47.8 Å². The second kappa shape index (κ2) is 6.06. The van der Waals surface area contributed by atoms with E-state index in [1.165, 1.54) is 6.07 Å². The van der Waals surface area contributed by atoms with Crippen LogP contribution in [0.25, 0.3) is 0 Å². The maximum Gasteiger partial charge on any atom is 0.328 e. The van der Waals surface area contributed by atoms with Crippen molar-refractivity contribution >= 4 is 29.3 Å². The van der Waals surface area contributed by atoms with Gasteiger partial charge in [-0.1, -0.05) is 11.6 Å². The van der Waals surface area contributed by atoms with Gasteiger partial charge in [-0.05, 0) is 18.2 Å². The number of hydrogen-bond acceptors (Lipinski definition) is 3. The Kier molecular flexibility index (Phi) is 4.41. The lowest BCUT2D eigenvalue weighted by molar-refractivity contribution is -0.147. The second-order valence-corrected chi connectivity index (χ2v) is 4.65. The number of anilines is 1. The average Bonchev–Trinajstić information content (AvgIpc) is 2.37. The molecule has 1 aromatic carbocycles. The first-order chi connectivity index (χ1) is 9.47. The van der Waals surface area contributed by atoms with Crippen molar-refractivity contribution in [2.24, 2.45) is 0 Å². The Labute approximate surface area is 119 Å². The van der Waals surface area contributed by atoms with Crippen LogP contribution in [0.15, 0.2) is 18.2 Å². The zero-order valence-electron chi connectivity index (χ0n) is 10.3. The Morgan fingerprint density at radius 1 is 1.45 bits per heavy atom. The van der Waals surface area contributed by atoms with Gasteiger partial charge >= 0.3 is 12.0 Å². The maximum atomic E-state index is 13.2. The van der Waals surface area contributed by atoms with Crippen LogP contribution in [0.1, 0.15) is 0 Å². The van der Waals surface area contributed by atoms with E-state index in [4.69, 9.17) is 21.4 Å². The molecule has 20 heavy (non-hydrogen) atoms. The van der Waals surface area contributed by atoms with E-state index in [2.05, 4.69) is 5.32 Å². The lowest BCUT2D eigenvalue weighted by Gasteiger charge is -2.32. The fourth-order valence-corrected chi connectivity index (χ4v) is 2.09. The highest BCUT2D eigenvalue weighted by Crippen LogP contribution is 2.19. The minimum Gasteiger partial charge on any atom is -0.480 e. The van der Waals surface area contributed by atoms with Gasteiger partial charge in [0, 0.05) is 17.3 Å². The molecule has 8 heteroatoms. The summed E-state index contributed by atoms with van der Waals surface area (Å²) in [5.41, 5.74) is 0.163. The van der Waals surface area contributed by atoms with Crippen molar-refractivity contribution in [3.63, 3.8) is 0 Å². The zero-order chi connectivity index (χ0) is 14.7. The second-order valence-electron chi connectivity index (χ2n) is 4.21. The van der Waals surface area contributed by atoms with Gasteiger partial charge in [-0.25, -0.2) is 14.0 Å². The number of hydrogen-bond donors (Lipinski definition) is 2. The monoisotopic (exact) mass is 302 g/mol. The van der Waals surface area contributed by atoms with Crippen LogP contribution in [0, 0.1) is 5.82 Å². The first-order valence-electron chi connectivity index (χ1n) is 5.81. The number of nitrogens with zero attached hydrogens (tertiary/aromatic N) is 1. The standard InChI is InChI=1S/C12H12ClFN2O4/c13-7-3-8(14)5-9(4-7)15-12(19)16-1-2-20-6-10(16)11(17)18/h3-5,10H,1-2,6H2,(H,15,19)(H,17,18). The van der Waals surface area contributed by atoms with Gasteiger partial charge in [0.05, 0.1) is 13.2 Å². The van der Waals surface area contributed by atoms with Gasteiger partial charge in [-0.2, -0.15) is 0 Å². The van der Waals surface area contributed by atoms with E-state index in [1.54, 1.807) is 0 Å². The Bertz CT molecular complexity index is 520. The first kappa shape index (κ1) is 14.5. The van der Waals surface area contributed by atoms with Gasteiger partial charge in [0.25, 0.3) is 0 Å². The number of halogens is 2. The van der Waals surface area contributed by atoms with Gasteiger partial charge in [0.1, 0.15) is 5.82 Å². The molecule has 1 aromatic rings. The number of rotatable bonds is 2. The van der Waals surface area contributed by atoms with Gasteiger partial charge in [-0.3, -0.25) is 0 Å². The van der Waals surface area contributed by atoms with Crippen LogP contribution in [0.4, 0.5) is 14.9 Å². The molecule has 108 valence electrons. The fourth-order valence-electron chi connectivity index (χ4n) is 1.87. The number of carboxylic acids is 1. The Balaban J connectivity index is 2.11. The first-order valence-corrected chi connectivity index (χ1v) is 6.19. The van der Waals surface area contributed by atoms with Crippen molar-refractivity contribution in [3.8, 4) is 0 Å². The molecule has 1 saturated heterocycles. The number of carbonyl (C=O) groups excluding carboxylic acids is 1. The topological polar surface area (TPSA) is 78.9 Å². The normalized spacial score (nSPS) is 18.7. The molecule has 2 amide bonds. The Hall–Kier alpha value is -1.86. The molecular weight excluding hydrogens is 291 g/mol. The molecule has 6 nitrogen and oxygen atoms in total. The predicted octanol–water partition coefficient (Wildman–Crippen LogP) is 1.80. The third-order valence-electron chi connectivity index (χ3n) is 2.79. The summed E-state index contributed by atoms with van der Waals surface area (Å²) in [6, 6.07) is 1.88. The number of carbonyl (C=O) groups is 2. The van der Waals surface area contributed by atoms with E-state index in [1.807, 2.05) is 0 Å². The molecule has 0 saturated carbocycles. The van der Waals surface area contributed by atoms with Crippen LogP contribution in [0.3, 0.4) is 0 Å². The molecule has 0 aromatic heterocycles. The van der Waals surface area contributed by atoms with E-state index in [-0.39, 0.29) is 30.5 Å². The number of carboxylic acid groups (broad SMARTS) is 1. The van der Waals surface area contributed by atoms with Crippen LogP contribution in [0.5, 0.6) is 0 Å². The smallest absolute Gasteiger partial charge is 0.328 e. The van der Waals surface area contributed by atoms with Gasteiger partial charge in [-0.15, -0.1) is 0 Å². The van der Waals surface area contributed by atoms with E-state index in [0.717, 1.165) is 17.0 Å².